The Morgan fingerprint density at radius 3 is 2.77 bits per heavy atom. The number of aromatic amines is 1. The zero-order chi connectivity index (χ0) is 18.1. The third kappa shape index (κ3) is 3.28. The molecule has 0 saturated heterocycles. The number of nitrogens with zero attached hydrogens (tertiary/aromatic N) is 2. The first-order valence-corrected chi connectivity index (χ1v) is 10.5. The minimum Gasteiger partial charge on any atom is -0.307 e. The van der Waals surface area contributed by atoms with Gasteiger partial charge in [0.25, 0.3) is 5.91 Å². The predicted octanol–water partition coefficient (Wildman–Crippen LogP) is 2.57. The zero-order valence-electron chi connectivity index (χ0n) is 13.7. The average Bonchev–Trinajstić information content (AvgIpc) is 3.34. The number of thiophene rings is 1. The van der Waals surface area contributed by atoms with Gasteiger partial charge in [-0.3, -0.25) is 9.89 Å². The molecule has 1 aliphatic heterocycles. The second-order valence-electron chi connectivity index (χ2n) is 6.00. The second kappa shape index (κ2) is 6.67. The molecular weight excluding hydrogens is 372 g/mol. The molecule has 9 heteroatoms. The summed E-state index contributed by atoms with van der Waals surface area (Å²) in [5.74, 6) is 0.148. The maximum atomic E-state index is 12.7. The molecule has 0 unspecified atom stereocenters. The highest BCUT2D eigenvalue weighted by molar-refractivity contribution is 7.88. The number of hydrogen-bond donors (Lipinski definition) is 2. The number of amides is 1. The van der Waals surface area contributed by atoms with Gasteiger partial charge in [0.15, 0.2) is 0 Å². The van der Waals surface area contributed by atoms with Crippen LogP contribution in [-0.4, -0.2) is 28.8 Å². The smallest absolute Gasteiger partial charge is 0.257 e. The first-order chi connectivity index (χ1) is 12.5. The molecule has 0 atom stereocenters. The van der Waals surface area contributed by atoms with Crippen LogP contribution >= 0.6 is 11.3 Å². The lowest BCUT2D eigenvalue weighted by Gasteiger charge is -2.16. The van der Waals surface area contributed by atoms with E-state index in [0.29, 0.717) is 22.6 Å². The van der Waals surface area contributed by atoms with Crippen molar-refractivity contribution in [2.24, 2.45) is 0 Å². The number of nitrogens with one attached hydrogen (secondary N) is 2. The fourth-order valence-electron chi connectivity index (χ4n) is 2.86. The van der Waals surface area contributed by atoms with E-state index >= 15 is 0 Å². The van der Waals surface area contributed by atoms with Crippen LogP contribution in [0.3, 0.4) is 0 Å². The van der Waals surface area contributed by atoms with Gasteiger partial charge in [-0.15, -0.1) is 0 Å². The van der Waals surface area contributed by atoms with Gasteiger partial charge in [-0.25, -0.2) is 8.42 Å². The van der Waals surface area contributed by atoms with Crippen molar-refractivity contribution < 1.29 is 13.2 Å². The molecule has 0 radical (unpaired) electrons. The number of carbonyl (C=O) groups excluding carboxylic acids is 1. The summed E-state index contributed by atoms with van der Waals surface area (Å²) in [5, 5.41) is 13.3. The van der Waals surface area contributed by atoms with Gasteiger partial charge in [0, 0.05) is 17.5 Å². The fourth-order valence-corrected chi connectivity index (χ4v) is 4.94. The summed E-state index contributed by atoms with van der Waals surface area (Å²) in [7, 11) is -3.47. The maximum Gasteiger partial charge on any atom is 0.257 e. The van der Waals surface area contributed by atoms with Crippen LogP contribution in [-0.2, 0) is 28.9 Å². The standard InChI is InChI=1S/C17H16N4O3S2/c22-17(13-6-7-25-10-13)18-16-14-8-21(9-15(14)19-20-16)26(23,24)11-12-4-2-1-3-5-12/h1-7,10H,8-9,11H2,(H2,18,19,20,22). The topological polar surface area (TPSA) is 95.2 Å². The molecule has 3 heterocycles. The Hall–Kier alpha value is -2.49. The number of H-pyrrole nitrogens is 1. The van der Waals surface area contributed by atoms with Crippen LogP contribution in [0.25, 0.3) is 0 Å². The number of anilines is 1. The van der Waals surface area contributed by atoms with Gasteiger partial charge in [-0.1, -0.05) is 30.3 Å². The highest BCUT2D eigenvalue weighted by atomic mass is 32.2. The number of aromatic nitrogens is 2. The van der Waals surface area contributed by atoms with E-state index in [1.807, 2.05) is 23.6 Å². The molecule has 3 aromatic rings. The Balaban J connectivity index is 1.49. The summed E-state index contributed by atoms with van der Waals surface area (Å²) in [6, 6.07) is 10.8. The minimum absolute atomic E-state index is 0.0571. The van der Waals surface area contributed by atoms with Gasteiger partial charge >= 0.3 is 0 Å². The van der Waals surface area contributed by atoms with E-state index in [9.17, 15) is 13.2 Å². The largest absolute Gasteiger partial charge is 0.307 e. The molecule has 0 fully saturated rings. The lowest BCUT2D eigenvalue weighted by atomic mass is 10.2. The molecule has 1 aliphatic rings. The lowest BCUT2D eigenvalue weighted by molar-refractivity contribution is 0.102. The normalized spacial score (nSPS) is 14.3. The van der Waals surface area contributed by atoms with E-state index in [0.717, 1.165) is 5.56 Å². The molecule has 134 valence electrons. The summed E-state index contributed by atoms with van der Waals surface area (Å²) in [4.78, 5) is 12.2. The summed E-state index contributed by atoms with van der Waals surface area (Å²) in [6.07, 6.45) is 0. The summed E-state index contributed by atoms with van der Waals surface area (Å²) >= 11 is 1.44. The van der Waals surface area contributed by atoms with Crippen LogP contribution in [0.4, 0.5) is 5.82 Å². The van der Waals surface area contributed by atoms with Crippen LogP contribution in [0.2, 0.25) is 0 Å². The molecule has 1 aromatic carbocycles. The summed E-state index contributed by atoms with van der Waals surface area (Å²) < 4.78 is 26.8. The third-order valence-corrected chi connectivity index (χ3v) is 6.65. The molecular formula is C17H16N4O3S2. The van der Waals surface area contributed by atoms with Crippen LogP contribution in [0, 0.1) is 0 Å². The number of rotatable bonds is 5. The van der Waals surface area contributed by atoms with Crippen molar-refractivity contribution in [2.45, 2.75) is 18.8 Å². The third-order valence-electron chi connectivity index (χ3n) is 4.22. The van der Waals surface area contributed by atoms with E-state index in [1.165, 1.54) is 15.6 Å². The van der Waals surface area contributed by atoms with Crippen molar-refractivity contribution in [1.82, 2.24) is 14.5 Å². The Morgan fingerprint density at radius 2 is 2.04 bits per heavy atom. The molecule has 2 N–H and O–H groups in total. The van der Waals surface area contributed by atoms with Gasteiger partial charge in [0.2, 0.25) is 10.0 Å². The van der Waals surface area contributed by atoms with Crippen LogP contribution < -0.4 is 5.32 Å². The molecule has 0 bridgehead atoms. The second-order valence-corrected chi connectivity index (χ2v) is 8.75. The van der Waals surface area contributed by atoms with Crippen molar-refractivity contribution in [3.8, 4) is 0 Å². The Kier molecular flexibility index (Phi) is 4.35. The molecule has 26 heavy (non-hydrogen) atoms. The molecule has 0 spiro atoms. The first kappa shape index (κ1) is 17.0. The van der Waals surface area contributed by atoms with Gasteiger partial charge in [0.05, 0.1) is 23.6 Å². The van der Waals surface area contributed by atoms with Crippen molar-refractivity contribution in [2.75, 3.05) is 5.32 Å². The fraction of sp³-hybridized carbons (Fsp3) is 0.176. The molecule has 2 aromatic heterocycles. The van der Waals surface area contributed by atoms with Gasteiger partial charge in [-0.2, -0.15) is 20.7 Å². The predicted molar refractivity (Wildman–Crippen MR) is 99.2 cm³/mol. The quantitative estimate of drug-likeness (QED) is 0.702. The van der Waals surface area contributed by atoms with Gasteiger partial charge in [0.1, 0.15) is 5.82 Å². The Morgan fingerprint density at radius 1 is 1.23 bits per heavy atom. The minimum atomic E-state index is -3.47. The SMILES string of the molecule is O=C(Nc1[nH]nc2c1CN(S(=O)(=O)Cc1ccccc1)C2)c1ccsc1. The van der Waals surface area contributed by atoms with Crippen LogP contribution in [0.1, 0.15) is 27.2 Å². The summed E-state index contributed by atoms with van der Waals surface area (Å²) in [5.41, 5.74) is 2.65. The highest BCUT2D eigenvalue weighted by Gasteiger charge is 2.33. The average molecular weight is 388 g/mol. The molecule has 7 nitrogen and oxygen atoms in total. The number of benzene rings is 1. The van der Waals surface area contributed by atoms with Crippen molar-refractivity contribution in [3.05, 3.63) is 69.5 Å². The Labute approximate surface area is 154 Å². The molecule has 4 rings (SSSR count). The van der Waals surface area contributed by atoms with E-state index in [1.54, 1.807) is 23.6 Å². The monoisotopic (exact) mass is 388 g/mol. The molecule has 0 saturated carbocycles. The van der Waals surface area contributed by atoms with E-state index < -0.39 is 10.0 Å². The number of hydrogen-bond acceptors (Lipinski definition) is 5. The first-order valence-electron chi connectivity index (χ1n) is 7.94. The van der Waals surface area contributed by atoms with Crippen molar-refractivity contribution in [3.63, 3.8) is 0 Å². The van der Waals surface area contributed by atoms with Crippen LogP contribution in [0.15, 0.2) is 47.2 Å². The lowest BCUT2D eigenvalue weighted by Crippen LogP contribution is -2.27. The summed E-state index contributed by atoms with van der Waals surface area (Å²) in [6.45, 7) is 0.398. The van der Waals surface area contributed by atoms with Crippen LogP contribution in [0.5, 0.6) is 0 Å². The highest BCUT2D eigenvalue weighted by Crippen LogP contribution is 2.30. The van der Waals surface area contributed by atoms with Gasteiger partial charge in [-0.05, 0) is 17.0 Å². The molecule has 0 aliphatic carbocycles. The van der Waals surface area contributed by atoms with E-state index in [2.05, 4.69) is 15.5 Å². The van der Waals surface area contributed by atoms with Gasteiger partial charge < -0.3 is 5.32 Å². The number of fused-ring (bicyclic) bond motifs is 1. The van der Waals surface area contributed by atoms with E-state index in [-0.39, 0.29) is 24.7 Å². The van der Waals surface area contributed by atoms with Crippen molar-refractivity contribution in [1.29, 1.82) is 0 Å². The van der Waals surface area contributed by atoms with E-state index in [4.69, 9.17) is 0 Å². The number of sulfonamides is 1. The number of carbonyl (C=O) groups is 1. The molecule has 1 amide bonds. The maximum absolute atomic E-state index is 12.7. The Bertz CT molecular complexity index is 1030. The van der Waals surface area contributed by atoms with Crippen molar-refractivity contribution >= 4 is 33.1 Å². The zero-order valence-corrected chi connectivity index (χ0v) is 15.3.